The molecule has 0 spiro atoms. The SMILES string of the molecule is CC(N=Cc1c(O)[nH]c2ccc(Cl)cc12)c1ccccc1. The maximum absolute atomic E-state index is 10.0. The summed E-state index contributed by atoms with van der Waals surface area (Å²) in [5.74, 6) is 0.108. The minimum Gasteiger partial charge on any atom is -0.494 e. The number of H-pyrrole nitrogens is 1. The van der Waals surface area contributed by atoms with Crippen molar-refractivity contribution in [3.8, 4) is 5.88 Å². The van der Waals surface area contributed by atoms with E-state index in [1.54, 1.807) is 12.3 Å². The Morgan fingerprint density at radius 1 is 1.19 bits per heavy atom. The number of hydrogen-bond donors (Lipinski definition) is 2. The second-order valence-corrected chi connectivity index (χ2v) is 5.38. The van der Waals surface area contributed by atoms with Crippen LogP contribution in [0.2, 0.25) is 5.02 Å². The van der Waals surface area contributed by atoms with Gasteiger partial charge in [0.2, 0.25) is 0 Å². The number of aromatic amines is 1. The summed E-state index contributed by atoms with van der Waals surface area (Å²) < 4.78 is 0. The Labute approximate surface area is 127 Å². The third kappa shape index (κ3) is 2.78. The van der Waals surface area contributed by atoms with Crippen LogP contribution in [-0.2, 0) is 0 Å². The van der Waals surface area contributed by atoms with Crippen molar-refractivity contribution in [3.63, 3.8) is 0 Å². The molecule has 21 heavy (non-hydrogen) atoms. The van der Waals surface area contributed by atoms with E-state index in [9.17, 15) is 5.11 Å². The fourth-order valence-electron chi connectivity index (χ4n) is 2.31. The highest BCUT2D eigenvalue weighted by molar-refractivity contribution is 6.31. The van der Waals surface area contributed by atoms with Gasteiger partial charge >= 0.3 is 0 Å². The second kappa shape index (κ2) is 5.62. The van der Waals surface area contributed by atoms with Crippen molar-refractivity contribution >= 4 is 28.7 Å². The van der Waals surface area contributed by atoms with Crippen molar-refractivity contribution in [1.29, 1.82) is 0 Å². The van der Waals surface area contributed by atoms with E-state index in [1.807, 2.05) is 49.4 Å². The number of aliphatic imine (C=N–C) groups is 1. The lowest BCUT2D eigenvalue weighted by molar-refractivity contribution is 0.457. The normalized spacial score (nSPS) is 13.0. The number of aromatic nitrogens is 1. The molecule has 0 saturated heterocycles. The summed E-state index contributed by atoms with van der Waals surface area (Å²) in [6, 6.07) is 15.5. The fraction of sp³-hybridized carbons (Fsp3) is 0.118. The summed E-state index contributed by atoms with van der Waals surface area (Å²) in [5.41, 5.74) is 2.63. The monoisotopic (exact) mass is 298 g/mol. The number of rotatable bonds is 3. The molecule has 0 saturated carbocycles. The van der Waals surface area contributed by atoms with Gasteiger partial charge in [0, 0.05) is 22.1 Å². The van der Waals surface area contributed by atoms with Gasteiger partial charge in [-0.05, 0) is 30.7 Å². The summed E-state index contributed by atoms with van der Waals surface area (Å²) in [5, 5.41) is 11.5. The average Bonchev–Trinajstić information content (AvgIpc) is 2.80. The summed E-state index contributed by atoms with van der Waals surface area (Å²) in [6.45, 7) is 2.02. The van der Waals surface area contributed by atoms with Gasteiger partial charge in [-0.3, -0.25) is 4.99 Å². The summed E-state index contributed by atoms with van der Waals surface area (Å²) in [4.78, 5) is 7.45. The van der Waals surface area contributed by atoms with Crippen LogP contribution in [0.4, 0.5) is 0 Å². The summed E-state index contributed by atoms with van der Waals surface area (Å²) in [7, 11) is 0. The predicted octanol–water partition coefficient (Wildman–Crippen LogP) is 4.71. The van der Waals surface area contributed by atoms with Crippen LogP contribution in [0.5, 0.6) is 5.88 Å². The highest BCUT2D eigenvalue weighted by Gasteiger charge is 2.10. The van der Waals surface area contributed by atoms with Crippen LogP contribution in [0.3, 0.4) is 0 Å². The van der Waals surface area contributed by atoms with Gasteiger partial charge in [-0.1, -0.05) is 41.9 Å². The number of nitrogens with one attached hydrogen (secondary N) is 1. The molecule has 2 aromatic carbocycles. The first-order chi connectivity index (χ1) is 10.1. The van der Waals surface area contributed by atoms with E-state index in [0.29, 0.717) is 10.6 Å². The van der Waals surface area contributed by atoms with Gasteiger partial charge in [-0.25, -0.2) is 0 Å². The highest BCUT2D eigenvalue weighted by Crippen LogP contribution is 2.28. The van der Waals surface area contributed by atoms with Crippen LogP contribution in [0.15, 0.2) is 53.5 Å². The number of fused-ring (bicyclic) bond motifs is 1. The lowest BCUT2D eigenvalue weighted by Gasteiger charge is -2.05. The smallest absolute Gasteiger partial charge is 0.198 e. The Hall–Kier alpha value is -2.26. The topological polar surface area (TPSA) is 48.4 Å². The summed E-state index contributed by atoms with van der Waals surface area (Å²) >= 11 is 6.02. The number of benzene rings is 2. The number of aromatic hydroxyl groups is 1. The fourth-order valence-corrected chi connectivity index (χ4v) is 2.48. The molecule has 0 radical (unpaired) electrons. The Balaban J connectivity index is 1.96. The van der Waals surface area contributed by atoms with Gasteiger partial charge in [0.25, 0.3) is 0 Å². The predicted molar refractivity (Wildman–Crippen MR) is 87.4 cm³/mol. The third-order valence-electron chi connectivity index (χ3n) is 3.49. The minimum absolute atomic E-state index is 0.0229. The number of halogens is 1. The van der Waals surface area contributed by atoms with E-state index in [0.717, 1.165) is 16.5 Å². The van der Waals surface area contributed by atoms with Gasteiger partial charge < -0.3 is 10.1 Å². The molecule has 3 nitrogen and oxygen atoms in total. The molecule has 1 aromatic heterocycles. The second-order valence-electron chi connectivity index (χ2n) is 4.94. The Kier molecular flexibility index (Phi) is 3.67. The number of hydrogen-bond acceptors (Lipinski definition) is 2. The van der Waals surface area contributed by atoms with Gasteiger partial charge in [0.1, 0.15) is 0 Å². The molecular formula is C17H15ClN2O. The van der Waals surface area contributed by atoms with Crippen LogP contribution in [0.25, 0.3) is 10.9 Å². The Bertz CT molecular complexity index is 793. The summed E-state index contributed by atoms with van der Waals surface area (Å²) in [6.07, 6.45) is 1.70. The van der Waals surface area contributed by atoms with Crippen LogP contribution in [0, 0.1) is 0 Å². The van der Waals surface area contributed by atoms with E-state index >= 15 is 0 Å². The lowest BCUT2D eigenvalue weighted by atomic mass is 10.1. The molecule has 1 heterocycles. The molecule has 3 rings (SSSR count). The zero-order valence-electron chi connectivity index (χ0n) is 11.5. The molecule has 1 unspecified atom stereocenters. The zero-order chi connectivity index (χ0) is 14.8. The molecule has 0 aliphatic rings. The maximum atomic E-state index is 10.0. The molecule has 0 bridgehead atoms. The van der Waals surface area contributed by atoms with Crippen molar-refractivity contribution in [2.24, 2.45) is 4.99 Å². The number of nitrogens with zero attached hydrogens (tertiary/aromatic N) is 1. The molecule has 2 N–H and O–H groups in total. The van der Waals surface area contributed by atoms with Crippen LogP contribution in [0.1, 0.15) is 24.1 Å². The van der Waals surface area contributed by atoms with Gasteiger partial charge in [0.15, 0.2) is 5.88 Å². The molecule has 0 fully saturated rings. The van der Waals surface area contributed by atoms with Crippen molar-refractivity contribution in [3.05, 3.63) is 64.7 Å². The van der Waals surface area contributed by atoms with Crippen LogP contribution < -0.4 is 0 Å². The van der Waals surface area contributed by atoms with Gasteiger partial charge in [-0.2, -0.15) is 0 Å². The van der Waals surface area contributed by atoms with E-state index in [1.165, 1.54) is 0 Å². The molecule has 0 amide bonds. The molecule has 106 valence electrons. The zero-order valence-corrected chi connectivity index (χ0v) is 12.3. The molecule has 1 atom stereocenters. The minimum atomic E-state index is 0.0229. The van der Waals surface area contributed by atoms with Crippen LogP contribution in [-0.4, -0.2) is 16.3 Å². The first kappa shape index (κ1) is 13.7. The largest absolute Gasteiger partial charge is 0.494 e. The molecule has 0 aliphatic carbocycles. The van der Waals surface area contributed by atoms with Crippen LogP contribution >= 0.6 is 11.6 Å². The van der Waals surface area contributed by atoms with Crippen molar-refractivity contribution in [1.82, 2.24) is 4.98 Å². The highest BCUT2D eigenvalue weighted by atomic mass is 35.5. The average molecular weight is 299 g/mol. The van der Waals surface area contributed by atoms with Crippen molar-refractivity contribution in [2.45, 2.75) is 13.0 Å². The standard InChI is InChI=1S/C17H15ClN2O/c1-11(12-5-3-2-4-6-12)19-10-15-14-9-13(18)7-8-16(14)20-17(15)21/h2-11,20-21H,1H3. The van der Waals surface area contributed by atoms with Crippen molar-refractivity contribution in [2.75, 3.05) is 0 Å². The first-order valence-electron chi connectivity index (χ1n) is 6.73. The lowest BCUT2D eigenvalue weighted by Crippen LogP contribution is -1.90. The van der Waals surface area contributed by atoms with Gasteiger partial charge in [-0.15, -0.1) is 0 Å². The van der Waals surface area contributed by atoms with E-state index in [4.69, 9.17) is 11.6 Å². The van der Waals surface area contributed by atoms with E-state index in [2.05, 4.69) is 9.98 Å². The first-order valence-corrected chi connectivity index (χ1v) is 7.11. The van der Waals surface area contributed by atoms with E-state index in [-0.39, 0.29) is 11.9 Å². The van der Waals surface area contributed by atoms with Crippen molar-refractivity contribution < 1.29 is 5.11 Å². The quantitative estimate of drug-likeness (QED) is 0.676. The molecular weight excluding hydrogens is 284 g/mol. The van der Waals surface area contributed by atoms with E-state index < -0.39 is 0 Å². The molecule has 4 heteroatoms. The Morgan fingerprint density at radius 2 is 1.95 bits per heavy atom. The maximum Gasteiger partial charge on any atom is 0.198 e. The third-order valence-corrected chi connectivity index (χ3v) is 3.72. The Morgan fingerprint density at radius 3 is 2.71 bits per heavy atom. The van der Waals surface area contributed by atoms with Gasteiger partial charge in [0.05, 0.1) is 11.6 Å². The molecule has 3 aromatic rings. The molecule has 0 aliphatic heterocycles.